The van der Waals surface area contributed by atoms with Gasteiger partial charge in [-0.05, 0) is 49.1 Å². The third kappa shape index (κ3) is 5.55. The van der Waals surface area contributed by atoms with Gasteiger partial charge in [0.05, 0.1) is 6.61 Å². The zero-order valence-corrected chi connectivity index (χ0v) is 14.6. The number of rotatable bonds is 5. The number of β-amino-alcohol motifs (C(OH)–C–C–N with tert-alkyl or cyclic N) is 1. The van der Waals surface area contributed by atoms with Crippen LogP contribution in [0, 0.1) is 23.7 Å². The van der Waals surface area contributed by atoms with Gasteiger partial charge in [-0.2, -0.15) is 0 Å². The van der Waals surface area contributed by atoms with Gasteiger partial charge in [0.1, 0.15) is 11.6 Å². The Kier molecular flexibility index (Phi) is 7.35. The second kappa shape index (κ2) is 9.72. The highest BCUT2D eigenvalue weighted by Crippen LogP contribution is 2.20. The van der Waals surface area contributed by atoms with Crippen molar-refractivity contribution in [1.82, 2.24) is 16.1 Å². The molecule has 0 aliphatic carbocycles. The molecule has 0 spiro atoms. The average Bonchev–Trinajstić information content (AvgIpc) is 3.13. The lowest BCUT2D eigenvalue weighted by molar-refractivity contribution is -0.137. The van der Waals surface area contributed by atoms with Crippen LogP contribution in [-0.2, 0) is 4.79 Å². The normalized spacial score (nSPS) is 19.1. The van der Waals surface area contributed by atoms with Crippen molar-refractivity contribution in [2.24, 2.45) is 0 Å². The van der Waals surface area contributed by atoms with Crippen molar-refractivity contribution in [3.63, 3.8) is 0 Å². The summed E-state index contributed by atoms with van der Waals surface area (Å²) >= 11 is 0. The fraction of sp³-hybridized carbons (Fsp3) is 0.368. The minimum atomic E-state index is -1.48. The Labute approximate surface area is 156 Å². The van der Waals surface area contributed by atoms with Crippen LogP contribution in [-0.4, -0.2) is 58.6 Å². The quantitative estimate of drug-likeness (QED) is 0.218. The smallest absolute Gasteiger partial charge is 0.268 e. The molecule has 2 amide bonds. The van der Waals surface area contributed by atoms with Crippen LogP contribution < -0.4 is 16.1 Å². The molecule has 1 aliphatic heterocycles. The number of amides is 2. The Hall–Kier alpha value is -2.88. The third-order valence-corrected chi connectivity index (χ3v) is 4.09. The Morgan fingerprint density at radius 3 is 2.59 bits per heavy atom. The highest BCUT2D eigenvalue weighted by molar-refractivity contribution is 5.98. The van der Waals surface area contributed by atoms with Crippen molar-refractivity contribution in [3.8, 4) is 23.7 Å². The second-order valence-corrected chi connectivity index (χ2v) is 6.02. The number of aliphatic hydroxyl groups excluding tert-OH is 1. The molecular formula is C19H21N3O5. The van der Waals surface area contributed by atoms with E-state index in [1.165, 1.54) is 17.6 Å². The van der Waals surface area contributed by atoms with Gasteiger partial charge in [0.2, 0.25) is 0 Å². The van der Waals surface area contributed by atoms with Crippen LogP contribution >= 0.6 is 0 Å². The lowest BCUT2D eigenvalue weighted by Crippen LogP contribution is -2.60. The Morgan fingerprint density at radius 2 is 2.00 bits per heavy atom. The maximum Gasteiger partial charge on any atom is 0.268 e. The Bertz CT molecular complexity index is 793. The van der Waals surface area contributed by atoms with E-state index in [9.17, 15) is 14.7 Å². The van der Waals surface area contributed by atoms with Crippen molar-refractivity contribution in [3.05, 3.63) is 35.4 Å². The highest BCUT2D eigenvalue weighted by atomic mass is 16.5. The van der Waals surface area contributed by atoms with Crippen LogP contribution in [0.2, 0.25) is 0 Å². The van der Waals surface area contributed by atoms with Crippen LogP contribution in [0.5, 0.6) is 0 Å². The molecule has 0 unspecified atom stereocenters. The van der Waals surface area contributed by atoms with Gasteiger partial charge >= 0.3 is 0 Å². The molecule has 2 rings (SSSR count). The molecule has 8 nitrogen and oxygen atoms in total. The van der Waals surface area contributed by atoms with Gasteiger partial charge in [-0.15, -0.1) is 0 Å². The molecule has 142 valence electrons. The lowest BCUT2D eigenvalue weighted by atomic mass is 9.92. The minimum absolute atomic E-state index is 0.0149. The number of carbonyl (C=O) groups excluding carboxylic acids is 2. The molecule has 0 saturated carbocycles. The fourth-order valence-electron chi connectivity index (χ4n) is 2.64. The molecule has 8 heteroatoms. The van der Waals surface area contributed by atoms with Gasteiger partial charge in [-0.1, -0.05) is 11.8 Å². The van der Waals surface area contributed by atoms with E-state index in [1.807, 2.05) is 0 Å². The number of aliphatic hydroxyl groups is 2. The van der Waals surface area contributed by atoms with Crippen molar-refractivity contribution >= 4 is 11.8 Å². The largest absolute Gasteiger partial charge is 0.395 e. The third-order valence-electron chi connectivity index (χ3n) is 4.09. The highest BCUT2D eigenvalue weighted by Gasteiger charge is 2.44. The zero-order chi connectivity index (χ0) is 19.7. The predicted molar refractivity (Wildman–Crippen MR) is 96.4 cm³/mol. The number of hydroxylamine groups is 1. The van der Waals surface area contributed by atoms with Gasteiger partial charge in [0, 0.05) is 24.1 Å². The van der Waals surface area contributed by atoms with Crippen LogP contribution in [0.15, 0.2) is 24.3 Å². The number of hydrogen-bond donors (Lipinski definition) is 6. The Balaban J connectivity index is 2.07. The number of hydrogen-bond acceptors (Lipinski definition) is 6. The van der Waals surface area contributed by atoms with Gasteiger partial charge < -0.3 is 20.8 Å². The summed E-state index contributed by atoms with van der Waals surface area (Å²) in [6.45, 7) is 0.604. The predicted octanol–water partition coefficient (Wildman–Crippen LogP) is -1.25. The minimum Gasteiger partial charge on any atom is -0.395 e. The second-order valence-electron chi connectivity index (χ2n) is 6.02. The molecule has 27 heavy (non-hydrogen) atoms. The number of nitrogens with one attached hydrogen (secondary N) is 3. The summed E-state index contributed by atoms with van der Waals surface area (Å²) in [6.07, 6.45) is 0.620. The van der Waals surface area contributed by atoms with Crippen LogP contribution in [0.25, 0.3) is 0 Å². The average molecular weight is 371 g/mol. The standard InChI is InChI=1S/C19H21N3O5/c23-12-4-2-1-3-5-14-6-8-15(9-7-14)17(24)21-16(18(25)22-27)19(26)10-11-20-13-19/h6-9,16,20,23,26-27H,4,10-13H2,(H,21,24)(H,22,25)/t16-,19-/m1/s1. The van der Waals surface area contributed by atoms with Gasteiger partial charge in [0.25, 0.3) is 11.8 Å². The van der Waals surface area contributed by atoms with Crippen molar-refractivity contribution in [2.75, 3.05) is 19.7 Å². The van der Waals surface area contributed by atoms with E-state index in [0.717, 1.165) is 0 Å². The van der Waals surface area contributed by atoms with E-state index in [2.05, 4.69) is 34.3 Å². The first-order chi connectivity index (χ1) is 13.0. The van der Waals surface area contributed by atoms with Crippen LogP contribution in [0.1, 0.15) is 28.8 Å². The zero-order valence-electron chi connectivity index (χ0n) is 14.6. The van der Waals surface area contributed by atoms with Gasteiger partial charge in [0.15, 0.2) is 0 Å². The number of carbonyl (C=O) groups is 2. The molecule has 2 atom stereocenters. The molecular weight excluding hydrogens is 350 g/mol. The van der Waals surface area contributed by atoms with Crippen molar-refractivity contribution < 1.29 is 25.0 Å². The molecule has 1 aromatic rings. The van der Waals surface area contributed by atoms with Crippen LogP contribution in [0.3, 0.4) is 0 Å². The lowest BCUT2D eigenvalue weighted by Gasteiger charge is -2.30. The molecule has 1 fully saturated rings. The summed E-state index contributed by atoms with van der Waals surface area (Å²) in [5, 5.41) is 33.5. The summed E-state index contributed by atoms with van der Waals surface area (Å²) in [5.41, 5.74) is 0.919. The monoisotopic (exact) mass is 371 g/mol. The summed E-state index contributed by atoms with van der Waals surface area (Å²) in [6, 6.07) is 5.02. The van der Waals surface area contributed by atoms with E-state index in [1.54, 1.807) is 12.1 Å². The summed E-state index contributed by atoms with van der Waals surface area (Å²) in [7, 11) is 0. The van der Waals surface area contributed by atoms with Crippen molar-refractivity contribution in [2.45, 2.75) is 24.5 Å². The molecule has 0 bridgehead atoms. The first-order valence-corrected chi connectivity index (χ1v) is 8.38. The molecule has 0 aromatic heterocycles. The number of benzene rings is 1. The molecule has 1 saturated heterocycles. The Morgan fingerprint density at radius 1 is 1.26 bits per heavy atom. The molecule has 1 heterocycles. The fourth-order valence-corrected chi connectivity index (χ4v) is 2.64. The van der Waals surface area contributed by atoms with E-state index in [-0.39, 0.29) is 25.1 Å². The van der Waals surface area contributed by atoms with E-state index in [0.29, 0.717) is 18.5 Å². The molecule has 1 aliphatic rings. The van der Waals surface area contributed by atoms with Crippen LogP contribution in [0.4, 0.5) is 0 Å². The van der Waals surface area contributed by atoms with E-state index < -0.39 is 23.5 Å². The summed E-state index contributed by atoms with van der Waals surface area (Å²) in [5.74, 6) is 9.27. The van der Waals surface area contributed by atoms with Gasteiger partial charge in [-0.3, -0.25) is 14.8 Å². The summed E-state index contributed by atoms with van der Waals surface area (Å²) in [4.78, 5) is 24.3. The first kappa shape index (κ1) is 20.4. The topological polar surface area (TPSA) is 131 Å². The van der Waals surface area contributed by atoms with E-state index in [4.69, 9.17) is 10.3 Å². The maximum atomic E-state index is 12.4. The molecule has 0 radical (unpaired) electrons. The van der Waals surface area contributed by atoms with E-state index >= 15 is 0 Å². The molecule has 1 aromatic carbocycles. The SMILES string of the molecule is O=C(N[C@H](C(=O)NO)[C@@]1(O)CCNC1)c1ccc(C#CC#CCCO)cc1. The maximum absolute atomic E-state index is 12.4. The van der Waals surface area contributed by atoms with Gasteiger partial charge in [-0.25, -0.2) is 5.48 Å². The first-order valence-electron chi connectivity index (χ1n) is 8.38. The van der Waals surface area contributed by atoms with Crippen molar-refractivity contribution in [1.29, 1.82) is 0 Å². The molecule has 6 N–H and O–H groups in total. The summed E-state index contributed by atoms with van der Waals surface area (Å²) < 4.78 is 0.